The third-order valence-electron chi connectivity index (χ3n) is 4.86. The largest absolute Gasteiger partial charge is 0.334 e. The molecule has 3 heterocycles. The Hall–Kier alpha value is -2.17. The van der Waals surface area contributed by atoms with Gasteiger partial charge in [-0.25, -0.2) is 0 Å². The second-order valence-corrected chi connectivity index (χ2v) is 6.14. The van der Waals surface area contributed by atoms with Crippen LogP contribution in [0.4, 0.5) is 0 Å². The molecule has 5 heteroatoms. The lowest BCUT2D eigenvalue weighted by Crippen LogP contribution is -2.35. The molecule has 0 saturated carbocycles. The van der Waals surface area contributed by atoms with Gasteiger partial charge in [0.25, 0.3) is 0 Å². The topological polar surface area (TPSA) is 61.9 Å². The zero-order valence-corrected chi connectivity index (χ0v) is 13.8. The number of nitrogens with one attached hydrogen (secondary N) is 1. The van der Waals surface area contributed by atoms with E-state index in [4.69, 9.17) is 0 Å². The Morgan fingerprint density at radius 2 is 2.09 bits per heavy atom. The quantitative estimate of drug-likeness (QED) is 0.918. The van der Waals surface area contributed by atoms with Gasteiger partial charge in [-0.1, -0.05) is 13.8 Å². The van der Waals surface area contributed by atoms with Gasteiger partial charge < -0.3 is 4.90 Å². The average Bonchev–Trinajstić information content (AvgIpc) is 3.25. The molecule has 0 aromatic carbocycles. The number of hydrogen-bond donors (Lipinski definition) is 1. The predicted octanol–water partition coefficient (Wildman–Crippen LogP) is 3.57. The van der Waals surface area contributed by atoms with Gasteiger partial charge in [-0.3, -0.25) is 14.9 Å². The van der Waals surface area contributed by atoms with E-state index in [1.807, 2.05) is 18.3 Å². The molecule has 1 aliphatic heterocycles. The molecule has 2 aromatic heterocycles. The van der Waals surface area contributed by atoms with E-state index in [1.54, 1.807) is 12.4 Å². The van der Waals surface area contributed by atoms with Crippen molar-refractivity contribution >= 4 is 5.91 Å². The van der Waals surface area contributed by atoms with E-state index in [2.05, 4.69) is 33.9 Å². The third kappa shape index (κ3) is 3.00. The Labute approximate surface area is 137 Å². The number of H-pyrrole nitrogens is 1. The molecule has 0 spiro atoms. The summed E-state index contributed by atoms with van der Waals surface area (Å²) in [5.74, 6) is 0.413. The molecule has 0 bridgehead atoms. The lowest BCUT2D eigenvalue weighted by molar-refractivity contribution is -0.136. The molecular weight excluding hydrogens is 288 g/mol. The van der Waals surface area contributed by atoms with Crippen LogP contribution >= 0.6 is 0 Å². The fraction of sp³-hybridized carbons (Fsp3) is 0.500. The highest BCUT2D eigenvalue weighted by Gasteiger charge is 2.34. The maximum atomic E-state index is 12.8. The number of nitrogens with zero attached hydrogens (tertiary/aromatic N) is 3. The van der Waals surface area contributed by atoms with Crippen LogP contribution in [0.5, 0.6) is 0 Å². The van der Waals surface area contributed by atoms with Gasteiger partial charge in [-0.05, 0) is 43.4 Å². The number of carbonyl (C=O) groups is 1. The zero-order chi connectivity index (χ0) is 16.2. The summed E-state index contributed by atoms with van der Waals surface area (Å²) in [6.45, 7) is 5.03. The molecular formula is C18H24N4O. The van der Waals surface area contributed by atoms with Crippen LogP contribution in [0.25, 0.3) is 11.1 Å². The first kappa shape index (κ1) is 15.7. The highest BCUT2D eigenvalue weighted by molar-refractivity contribution is 5.80. The Balaban J connectivity index is 1.90. The van der Waals surface area contributed by atoms with E-state index < -0.39 is 0 Å². The van der Waals surface area contributed by atoms with Gasteiger partial charge in [0, 0.05) is 30.4 Å². The summed E-state index contributed by atoms with van der Waals surface area (Å²) in [6, 6.07) is 4.07. The Morgan fingerprint density at radius 3 is 2.78 bits per heavy atom. The molecule has 1 amide bonds. The van der Waals surface area contributed by atoms with Crippen LogP contribution in [-0.2, 0) is 4.79 Å². The first-order chi connectivity index (χ1) is 11.3. The molecule has 1 fully saturated rings. The van der Waals surface area contributed by atoms with Crippen molar-refractivity contribution in [2.24, 2.45) is 5.92 Å². The monoisotopic (exact) mass is 312 g/mol. The minimum absolute atomic E-state index is 0.105. The van der Waals surface area contributed by atoms with Crippen molar-refractivity contribution in [3.8, 4) is 11.1 Å². The number of pyridine rings is 1. The van der Waals surface area contributed by atoms with Crippen molar-refractivity contribution < 1.29 is 4.79 Å². The fourth-order valence-electron chi connectivity index (χ4n) is 3.51. The number of amides is 1. The average molecular weight is 312 g/mol. The van der Waals surface area contributed by atoms with Crippen LogP contribution in [0, 0.1) is 5.92 Å². The first-order valence-corrected chi connectivity index (χ1v) is 8.50. The smallest absolute Gasteiger partial charge is 0.226 e. The Morgan fingerprint density at radius 1 is 1.35 bits per heavy atom. The van der Waals surface area contributed by atoms with Gasteiger partial charge >= 0.3 is 0 Å². The molecule has 1 aliphatic rings. The van der Waals surface area contributed by atoms with E-state index in [-0.39, 0.29) is 17.9 Å². The van der Waals surface area contributed by atoms with Gasteiger partial charge in [0.05, 0.1) is 17.9 Å². The number of aromatic nitrogens is 3. The fourth-order valence-corrected chi connectivity index (χ4v) is 3.51. The van der Waals surface area contributed by atoms with Gasteiger partial charge in [-0.15, -0.1) is 0 Å². The SMILES string of the molecule is CCC(CC)C(=O)N1CCC[C@@H]1c1[nH]ncc1-c1ccncc1. The standard InChI is InChI=1S/C18H24N4O/c1-3-13(4-2)18(23)22-11-5-6-16(22)17-15(12-20-21-17)14-7-9-19-10-8-14/h7-10,12-13,16H,3-6,11H2,1-2H3,(H,20,21)/t16-/m1/s1. The number of likely N-dealkylation sites (tertiary alicyclic amines) is 1. The van der Waals surface area contributed by atoms with Gasteiger partial charge in [0.15, 0.2) is 0 Å². The molecule has 5 nitrogen and oxygen atoms in total. The van der Waals surface area contributed by atoms with Crippen LogP contribution in [0.3, 0.4) is 0 Å². The van der Waals surface area contributed by atoms with Crippen molar-refractivity contribution in [2.45, 2.75) is 45.6 Å². The summed E-state index contributed by atoms with van der Waals surface area (Å²) in [6.07, 6.45) is 9.26. The second-order valence-electron chi connectivity index (χ2n) is 6.14. The molecule has 1 N–H and O–H groups in total. The van der Waals surface area contributed by atoms with E-state index in [9.17, 15) is 4.79 Å². The molecule has 1 saturated heterocycles. The zero-order valence-electron chi connectivity index (χ0n) is 13.8. The molecule has 122 valence electrons. The van der Waals surface area contributed by atoms with Crippen molar-refractivity contribution in [1.29, 1.82) is 0 Å². The normalized spacial score (nSPS) is 17.9. The van der Waals surface area contributed by atoms with E-state index in [1.165, 1.54) is 0 Å². The molecule has 0 aliphatic carbocycles. The lowest BCUT2D eigenvalue weighted by atomic mass is 9.98. The van der Waals surface area contributed by atoms with Crippen molar-refractivity contribution in [2.75, 3.05) is 6.54 Å². The minimum Gasteiger partial charge on any atom is -0.334 e. The summed E-state index contributed by atoms with van der Waals surface area (Å²) in [5.41, 5.74) is 3.21. The van der Waals surface area contributed by atoms with Crippen LogP contribution in [-0.4, -0.2) is 32.5 Å². The van der Waals surface area contributed by atoms with Crippen molar-refractivity contribution in [3.63, 3.8) is 0 Å². The van der Waals surface area contributed by atoms with E-state index >= 15 is 0 Å². The van der Waals surface area contributed by atoms with Crippen LogP contribution < -0.4 is 0 Å². The molecule has 0 radical (unpaired) electrons. The maximum Gasteiger partial charge on any atom is 0.226 e. The number of carbonyl (C=O) groups excluding carboxylic acids is 1. The summed E-state index contributed by atoms with van der Waals surface area (Å²) < 4.78 is 0. The molecule has 3 rings (SSSR count). The predicted molar refractivity (Wildman–Crippen MR) is 89.6 cm³/mol. The maximum absolute atomic E-state index is 12.8. The highest BCUT2D eigenvalue weighted by Crippen LogP contribution is 2.37. The molecule has 1 atom stereocenters. The van der Waals surface area contributed by atoms with E-state index in [0.717, 1.165) is 49.0 Å². The third-order valence-corrected chi connectivity index (χ3v) is 4.86. The van der Waals surface area contributed by atoms with Gasteiger partial charge in [0.1, 0.15) is 0 Å². The number of aromatic amines is 1. The van der Waals surface area contributed by atoms with Gasteiger partial charge in [-0.2, -0.15) is 5.10 Å². The van der Waals surface area contributed by atoms with Crippen LogP contribution in [0.2, 0.25) is 0 Å². The first-order valence-electron chi connectivity index (χ1n) is 8.50. The minimum atomic E-state index is 0.105. The number of rotatable bonds is 5. The summed E-state index contributed by atoms with van der Waals surface area (Å²) in [5, 5.41) is 7.38. The van der Waals surface area contributed by atoms with Crippen molar-refractivity contribution in [3.05, 3.63) is 36.4 Å². The molecule has 2 aromatic rings. The second kappa shape index (κ2) is 6.94. The highest BCUT2D eigenvalue weighted by atomic mass is 16.2. The number of hydrogen-bond acceptors (Lipinski definition) is 3. The molecule has 0 unspecified atom stereocenters. The Kier molecular flexibility index (Phi) is 4.74. The van der Waals surface area contributed by atoms with Crippen LogP contribution in [0.15, 0.2) is 30.7 Å². The van der Waals surface area contributed by atoms with Gasteiger partial charge in [0.2, 0.25) is 5.91 Å². The summed E-state index contributed by atoms with van der Waals surface area (Å²) >= 11 is 0. The van der Waals surface area contributed by atoms with Crippen LogP contribution in [0.1, 0.15) is 51.3 Å². The molecule has 23 heavy (non-hydrogen) atoms. The van der Waals surface area contributed by atoms with E-state index in [0.29, 0.717) is 0 Å². The lowest BCUT2D eigenvalue weighted by Gasteiger charge is -2.28. The summed E-state index contributed by atoms with van der Waals surface area (Å²) in [4.78, 5) is 19.0. The Bertz CT molecular complexity index is 648. The summed E-state index contributed by atoms with van der Waals surface area (Å²) in [7, 11) is 0. The van der Waals surface area contributed by atoms with Crippen molar-refractivity contribution in [1.82, 2.24) is 20.1 Å².